The van der Waals surface area contributed by atoms with Crippen molar-refractivity contribution in [2.45, 2.75) is 45.6 Å². The molecule has 1 N–H and O–H groups in total. The molecule has 1 aliphatic heterocycles. The van der Waals surface area contributed by atoms with E-state index < -0.39 is 0 Å². The van der Waals surface area contributed by atoms with Crippen molar-refractivity contribution in [3.63, 3.8) is 0 Å². The molecule has 1 aromatic carbocycles. The highest BCUT2D eigenvalue weighted by molar-refractivity contribution is 5.95. The summed E-state index contributed by atoms with van der Waals surface area (Å²) in [7, 11) is 3.13. The first kappa shape index (κ1) is 20.1. The molecular weight excluding hydrogens is 332 g/mol. The van der Waals surface area contributed by atoms with Gasteiger partial charge in [-0.05, 0) is 37.8 Å². The Labute approximate surface area is 155 Å². The van der Waals surface area contributed by atoms with Crippen LogP contribution in [0.25, 0.3) is 0 Å². The molecule has 26 heavy (non-hydrogen) atoms. The molecule has 2 rings (SSSR count). The second kappa shape index (κ2) is 9.46. The van der Waals surface area contributed by atoms with Gasteiger partial charge in [-0.15, -0.1) is 0 Å². The van der Waals surface area contributed by atoms with Crippen LogP contribution in [0, 0.1) is 5.92 Å². The maximum atomic E-state index is 12.8. The van der Waals surface area contributed by atoms with Crippen LogP contribution in [0.15, 0.2) is 18.2 Å². The van der Waals surface area contributed by atoms with Gasteiger partial charge in [-0.25, -0.2) is 0 Å². The SMILES string of the molecule is CCC(CC)C(=O)NC1CCN(C(=O)c2cc(OC)cc(OC)c2)CC1. The molecular formula is C20H30N2O4. The monoisotopic (exact) mass is 362 g/mol. The van der Waals surface area contributed by atoms with Gasteiger partial charge in [-0.2, -0.15) is 0 Å². The van der Waals surface area contributed by atoms with Crippen LogP contribution in [0.4, 0.5) is 0 Å². The van der Waals surface area contributed by atoms with Gasteiger partial charge in [0.15, 0.2) is 0 Å². The number of rotatable bonds is 7. The van der Waals surface area contributed by atoms with E-state index in [-0.39, 0.29) is 23.8 Å². The molecule has 0 aliphatic carbocycles. The fourth-order valence-corrected chi connectivity index (χ4v) is 3.32. The number of piperidine rings is 1. The van der Waals surface area contributed by atoms with Crippen molar-refractivity contribution in [3.8, 4) is 11.5 Å². The summed E-state index contributed by atoms with van der Waals surface area (Å²) in [5, 5.41) is 3.14. The van der Waals surface area contributed by atoms with Crippen molar-refractivity contribution >= 4 is 11.8 Å². The van der Waals surface area contributed by atoms with Crippen molar-refractivity contribution in [1.29, 1.82) is 0 Å². The van der Waals surface area contributed by atoms with Gasteiger partial charge in [0.05, 0.1) is 14.2 Å². The number of methoxy groups -OCH3 is 2. The second-order valence-corrected chi connectivity index (χ2v) is 6.69. The lowest BCUT2D eigenvalue weighted by atomic mass is 9.99. The van der Waals surface area contributed by atoms with Crippen LogP contribution in [-0.4, -0.2) is 50.1 Å². The second-order valence-electron chi connectivity index (χ2n) is 6.69. The largest absolute Gasteiger partial charge is 0.497 e. The molecule has 1 aliphatic rings. The number of hydrogen-bond donors (Lipinski definition) is 1. The number of benzene rings is 1. The Morgan fingerprint density at radius 3 is 2.08 bits per heavy atom. The minimum Gasteiger partial charge on any atom is -0.497 e. The Bertz CT molecular complexity index is 598. The molecule has 1 fully saturated rings. The van der Waals surface area contributed by atoms with E-state index in [1.165, 1.54) is 0 Å². The van der Waals surface area contributed by atoms with E-state index in [0.29, 0.717) is 30.2 Å². The fraction of sp³-hybridized carbons (Fsp3) is 0.600. The van der Waals surface area contributed by atoms with Crippen LogP contribution in [-0.2, 0) is 4.79 Å². The van der Waals surface area contributed by atoms with Gasteiger partial charge in [-0.1, -0.05) is 13.8 Å². The van der Waals surface area contributed by atoms with E-state index >= 15 is 0 Å². The van der Waals surface area contributed by atoms with Crippen LogP contribution >= 0.6 is 0 Å². The van der Waals surface area contributed by atoms with Crippen LogP contribution < -0.4 is 14.8 Å². The van der Waals surface area contributed by atoms with E-state index in [1.807, 2.05) is 18.7 Å². The Balaban J connectivity index is 1.95. The lowest BCUT2D eigenvalue weighted by Gasteiger charge is -2.33. The van der Waals surface area contributed by atoms with E-state index in [9.17, 15) is 9.59 Å². The summed E-state index contributed by atoms with van der Waals surface area (Å²) in [6, 6.07) is 5.35. The first-order valence-electron chi connectivity index (χ1n) is 9.35. The Morgan fingerprint density at radius 2 is 1.62 bits per heavy atom. The highest BCUT2D eigenvalue weighted by Gasteiger charge is 2.26. The van der Waals surface area contributed by atoms with Crippen LogP contribution in [0.2, 0.25) is 0 Å². The maximum Gasteiger partial charge on any atom is 0.254 e. The van der Waals surface area contributed by atoms with Gasteiger partial charge in [0.25, 0.3) is 5.91 Å². The molecule has 0 radical (unpaired) electrons. The van der Waals surface area contributed by atoms with Gasteiger partial charge < -0.3 is 19.7 Å². The summed E-state index contributed by atoms with van der Waals surface area (Å²) < 4.78 is 10.5. The molecule has 0 spiro atoms. The van der Waals surface area contributed by atoms with Crippen molar-refractivity contribution < 1.29 is 19.1 Å². The number of nitrogens with zero attached hydrogens (tertiary/aromatic N) is 1. The maximum absolute atomic E-state index is 12.8. The van der Waals surface area contributed by atoms with Gasteiger partial charge in [0.2, 0.25) is 5.91 Å². The number of likely N-dealkylation sites (tertiary alicyclic amines) is 1. The van der Waals surface area contributed by atoms with Gasteiger partial charge in [0, 0.05) is 36.7 Å². The van der Waals surface area contributed by atoms with E-state index in [4.69, 9.17) is 9.47 Å². The summed E-state index contributed by atoms with van der Waals surface area (Å²) in [6.07, 6.45) is 3.27. The molecule has 1 aromatic rings. The van der Waals surface area contributed by atoms with E-state index in [2.05, 4.69) is 5.32 Å². The summed E-state index contributed by atoms with van der Waals surface area (Å²) >= 11 is 0. The predicted octanol–water partition coefficient (Wildman–Crippen LogP) is 2.86. The average molecular weight is 362 g/mol. The van der Waals surface area contributed by atoms with Crippen molar-refractivity contribution in [3.05, 3.63) is 23.8 Å². The van der Waals surface area contributed by atoms with Gasteiger partial charge in [-0.3, -0.25) is 9.59 Å². The molecule has 1 heterocycles. The molecule has 144 valence electrons. The van der Waals surface area contributed by atoms with Crippen molar-refractivity contribution in [2.75, 3.05) is 27.3 Å². The number of carbonyl (C=O) groups is 2. The Kier molecular flexibility index (Phi) is 7.30. The van der Waals surface area contributed by atoms with Crippen LogP contribution in [0.5, 0.6) is 11.5 Å². The van der Waals surface area contributed by atoms with Gasteiger partial charge >= 0.3 is 0 Å². The Morgan fingerprint density at radius 1 is 1.08 bits per heavy atom. The zero-order valence-corrected chi connectivity index (χ0v) is 16.2. The number of nitrogens with one attached hydrogen (secondary N) is 1. The fourth-order valence-electron chi connectivity index (χ4n) is 3.32. The van der Waals surface area contributed by atoms with Gasteiger partial charge in [0.1, 0.15) is 11.5 Å². The normalized spacial score (nSPS) is 15.0. The van der Waals surface area contributed by atoms with Crippen molar-refractivity contribution in [2.24, 2.45) is 5.92 Å². The smallest absolute Gasteiger partial charge is 0.254 e. The zero-order valence-electron chi connectivity index (χ0n) is 16.2. The molecule has 0 bridgehead atoms. The topological polar surface area (TPSA) is 67.9 Å². The summed E-state index contributed by atoms with van der Waals surface area (Å²) in [4.78, 5) is 26.9. The molecule has 6 nitrogen and oxygen atoms in total. The van der Waals surface area contributed by atoms with Crippen LogP contribution in [0.1, 0.15) is 49.9 Å². The van der Waals surface area contributed by atoms with E-state index in [0.717, 1.165) is 25.7 Å². The average Bonchev–Trinajstić information content (AvgIpc) is 2.68. The minimum absolute atomic E-state index is 0.0352. The van der Waals surface area contributed by atoms with Crippen LogP contribution in [0.3, 0.4) is 0 Å². The molecule has 1 saturated heterocycles. The molecule has 0 saturated carbocycles. The number of hydrogen-bond acceptors (Lipinski definition) is 4. The molecule has 2 amide bonds. The third-order valence-corrected chi connectivity index (χ3v) is 5.08. The zero-order chi connectivity index (χ0) is 19.1. The molecule has 0 atom stereocenters. The Hall–Kier alpha value is -2.24. The summed E-state index contributed by atoms with van der Waals surface area (Å²) in [6.45, 7) is 5.34. The third kappa shape index (κ3) is 4.90. The summed E-state index contributed by atoms with van der Waals surface area (Å²) in [5.41, 5.74) is 0.556. The quantitative estimate of drug-likeness (QED) is 0.810. The standard InChI is InChI=1S/C20H30N2O4/c1-5-14(6-2)19(23)21-16-7-9-22(10-8-16)20(24)15-11-17(25-3)13-18(12-15)26-4/h11-14,16H,5-10H2,1-4H3,(H,21,23). The summed E-state index contributed by atoms with van der Waals surface area (Å²) in [5.74, 6) is 1.38. The first-order chi connectivity index (χ1) is 12.5. The number of carbonyl (C=O) groups excluding carboxylic acids is 2. The van der Waals surface area contributed by atoms with Crippen molar-refractivity contribution in [1.82, 2.24) is 10.2 Å². The number of ether oxygens (including phenoxy) is 2. The highest BCUT2D eigenvalue weighted by Crippen LogP contribution is 2.24. The highest BCUT2D eigenvalue weighted by atomic mass is 16.5. The van der Waals surface area contributed by atoms with E-state index in [1.54, 1.807) is 32.4 Å². The third-order valence-electron chi connectivity index (χ3n) is 5.08. The first-order valence-corrected chi connectivity index (χ1v) is 9.35. The number of amides is 2. The lowest BCUT2D eigenvalue weighted by molar-refractivity contribution is -0.126. The minimum atomic E-state index is -0.0352. The predicted molar refractivity (Wildman–Crippen MR) is 101 cm³/mol. The molecule has 0 unspecified atom stereocenters. The lowest BCUT2D eigenvalue weighted by Crippen LogP contribution is -2.47. The molecule has 0 aromatic heterocycles. The molecule has 6 heteroatoms.